The van der Waals surface area contributed by atoms with E-state index in [4.69, 9.17) is 45.6 Å². The van der Waals surface area contributed by atoms with Crippen molar-refractivity contribution >= 4 is 55.3 Å². The minimum atomic E-state index is 0.129. The minimum Gasteiger partial charge on any atom is -0.383 e. The van der Waals surface area contributed by atoms with Crippen LogP contribution in [0.2, 0.25) is 0 Å². The lowest BCUT2D eigenvalue weighted by Gasteiger charge is -2.17. The van der Waals surface area contributed by atoms with Crippen molar-refractivity contribution in [1.29, 1.82) is 15.8 Å². The van der Waals surface area contributed by atoms with Crippen LogP contribution in [-0.4, -0.2) is 50.7 Å². The van der Waals surface area contributed by atoms with E-state index in [2.05, 4.69) is 124 Å². The Labute approximate surface area is 633 Å². The number of amidine groups is 2. The van der Waals surface area contributed by atoms with Gasteiger partial charge >= 0.3 is 0 Å². The summed E-state index contributed by atoms with van der Waals surface area (Å²) in [6, 6.07) is 120. The highest BCUT2D eigenvalue weighted by atomic mass is 15.1. The van der Waals surface area contributed by atoms with Gasteiger partial charge in [0, 0.05) is 66.1 Å². The third-order valence-electron chi connectivity index (χ3n) is 19.8. The number of rotatable bonds is 15. The number of nitriles is 3. The molecule has 0 unspecified atom stereocenters. The first-order valence-corrected chi connectivity index (χ1v) is 35.9. The molecule has 0 bridgehead atoms. The predicted molar refractivity (Wildman–Crippen MR) is 439 cm³/mol. The van der Waals surface area contributed by atoms with Gasteiger partial charge in [0.1, 0.15) is 5.84 Å². The van der Waals surface area contributed by atoms with Crippen LogP contribution in [0.25, 0.3) is 157 Å². The van der Waals surface area contributed by atoms with Crippen molar-refractivity contribution in [2.75, 3.05) is 0 Å². The summed E-state index contributed by atoms with van der Waals surface area (Å²) in [4.78, 5) is 41.6. The van der Waals surface area contributed by atoms with Gasteiger partial charge in [0.05, 0.1) is 74.9 Å². The fraction of sp³-hybridized carbons (Fsp3) is 0.0104. The van der Waals surface area contributed by atoms with Crippen molar-refractivity contribution in [3.05, 3.63) is 373 Å². The Morgan fingerprint density at radius 1 is 0.291 bits per heavy atom. The quantitative estimate of drug-likeness (QED) is 0.0758. The maximum atomic E-state index is 10.2. The summed E-state index contributed by atoms with van der Waals surface area (Å²) in [6.45, 7) is 0.129. The Hall–Kier alpha value is -15.7. The summed E-state index contributed by atoms with van der Waals surface area (Å²) in [6.07, 6.45) is 0. The Kier molecular flexibility index (Phi) is 17.3. The zero-order valence-corrected chi connectivity index (χ0v) is 58.9. The maximum absolute atomic E-state index is 10.2. The van der Waals surface area contributed by atoms with Crippen LogP contribution in [0.1, 0.15) is 33.4 Å². The molecule has 0 atom stereocenters. The molecule has 110 heavy (non-hydrogen) atoms. The van der Waals surface area contributed by atoms with Crippen LogP contribution in [0.4, 0.5) is 0 Å². The molecule has 0 saturated carbocycles. The molecular formula is C96H60N14. The Bertz CT molecular complexity index is 6730. The predicted octanol–water partition coefficient (Wildman–Crippen LogP) is 21.2. The fourth-order valence-corrected chi connectivity index (χ4v) is 14.5. The first-order valence-electron chi connectivity index (χ1n) is 35.9. The molecule has 14 nitrogen and oxygen atoms in total. The lowest BCUT2D eigenvalue weighted by molar-refractivity contribution is 1.02. The van der Waals surface area contributed by atoms with Crippen molar-refractivity contribution in [2.24, 2.45) is 15.7 Å². The molecule has 4 heterocycles. The number of fused-ring (bicyclic) bond motifs is 6. The molecule has 0 aliphatic rings. The van der Waals surface area contributed by atoms with E-state index in [-0.39, 0.29) is 12.4 Å². The maximum Gasteiger partial charge on any atom is 0.164 e. The highest BCUT2D eigenvalue weighted by molar-refractivity contribution is 6.15. The molecule has 2 N–H and O–H groups in total. The molecule has 514 valence electrons. The number of aliphatic imine (C=N–C) groups is 2. The standard InChI is InChI=1S/C96H60N14/c97-57-61-20-17-31-70(50-61)64-38-40-69(41-39-64)90(101-60-77-43-42-73(71-32-18-21-62(51-71)58-98)55-87(77)109-83-36-15-13-34-78(83)81-53-75(45-48-85(81)109)95-105-91(65-23-5-1-6-24-65)103-92(106-95)66-25-7-2-8-26-66)102-89(100)80-47-44-74(72-33-19-22-63(52-72)59-99)56-88(80)110-84-37-16-14-35-79(84)82-54-76(46-49-86(82)110)96-107-93(67-27-9-3-10-28-67)104-94(108-96)68-29-11-4-12-30-68/h1-56H,60H2,(H2,100,101,102). The molecular weight excluding hydrogens is 1350 g/mol. The van der Waals surface area contributed by atoms with E-state index in [9.17, 15) is 15.8 Å². The largest absolute Gasteiger partial charge is 0.383 e. The lowest BCUT2D eigenvalue weighted by atomic mass is 9.99. The van der Waals surface area contributed by atoms with E-state index in [0.717, 1.165) is 127 Å². The number of hydrogen-bond acceptors (Lipinski definition) is 10. The van der Waals surface area contributed by atoms with Crippen LogP contribution >= 0.6 is 0 Å². The van der Waals surface area contributed by atoms with Crippen LogP contribution in [0, 0.1) is 34.0 Å². The number of benzene rings is 14. The molecule has 0 spiro atoms. The number of nitrogens with two attached hydrogens (primary N) is 1. The monoisotopic (exact) mass is 1410 g/mol. The first kappa shape index (κ1) is 66.3. The third-order valence-corrected chi connectivity index (χ3v) is 19.8. The van der Waals surface area contributed by atoms with E-state index in [0.29, 0.717) is 68.6 Å². The van der Waals surface area contributed by atoms with E-state index in [1.807, 2.05) is 231 Å². The minimum absolute atomic E-state index is 0.129. The summed E-state index contributed by atoms with van der Waals surface area (Å²) >= 11 is 0. The van der Waals surface area contributed by atoms with Crippen LogP contribution in [-0.2, 0) is 6.54 Å². The Morgan fingerprint density at radius 2 is 0.627 bits per heavy atom. The van der Waals surface area contributed by atoms with Crippen molar-refractivity contribution < 1.29 is 0 Å². The molecule has 14 aromatic carbocycles. The average molecular weight is 1410 g/mol. The second-order valence-corrected chi connectivity index (χ2v) is 26.6. The van der Waals surface area contributed by atoms with Crippen LogP contribution in [0.3, 0.4) is 0 Å². The molecule has 0 saturated heterocycles. The van der Waals surface area contributed by atoms with Gasteiger partial charge in [-0.3, -0.25) is 4.99 Å². The summed E-state index contributed by atoms with van der Waals surface area (Å²) in [5.41, 5.74) is 27.1. The lowest BCUT2D eigenvalue weighted by Crippen LogP contribution is -2.19. The Balaban J connectivity index is 0.812. The van der Waals surface area contributed by atoms with Gasteiger partial charge in [0.2, 0.25) is 0 Å². The summed E-state index contributed by atoms with van der Waals surface area (Å²) in [7, 11) is 0. The first-order chi connectivity index (χ1) is 54.3. The van der Waals surface area contributed by atoms with Crippen molar-refractivity contribution in [3.8, 4) is 131 Å². The third kappa shape index (κ3) is 12.8. The highest BCUT2D eigenvalue weighted by Crippen LogP contribution is 2.41. The molecule has 4 aromatic heterocycles. The normalized spacial score (nSPS) is 11.6. The number of para-hydroxylation sites is 2. The number of nitrogens with zero attached hydrogens (tertiary/aromatic N) is 13. The van der Waals surface area contributed by atoms with Gasteiger partial charge in [-0.05, 0) is 142 Å². The van der Waals surface area contributed by atoms with Crippen molar-refractivity contribution in [1.82, 2.24) is 39.0 Å². The smallest absolute Gasteiger partial charge is 0.164 e. The summed E-state index contributed by atoms with van der Waals surface area (Å²) < 4.78 is 4.52. The van der Waals surface area contributed by atoms with Gasteiger partial charge in [-0.1, -0.05) is 237 Å². The van der Waals surface area contributed by atoms with Gasteiger partial charge in [-0.25, -0.2) is 34.9 Å². The number of hydrogen-bond donors (Lipinski definition) is 1. The molecule has 0 aliphatic carbocycles. The zero-order chi connectivity index (χ0) is 74.0. The molecule has 0 radical (unpaired) electrons. The van der Waals surface area contributed by atoms with Gasteiger partial charge in [0.25, 0.3) is 0 Å². The number of aromatic nitrogens is 8. The van der Waals surface area contributed by atoms with E-state index in [1.165, 1.54) is 0 Å². The Morgan fingerprint density at radius 3 is 1.06 bits per heavy atom. The van der Waals surface area contributed by atoms with Crippen molar-refractivity contribution in [3.63, 3.8) is 0 Å². The van der Waals surface area contributed by atoms with Gasteiger partial charge in [-0.15, -0.1) is 0 Å². The molecule has 18 rings (SSSR count). The molecule has 18 aromatic rings. The molecule has 14 heteroatoms. The highest BCUT2D eigenvalue weighted by Gasteiger charge is 2.24. The van der Waals surface area contributed by atoms with E-state index < -0.39 is 0 Å². The topological polar surface area (TPSA) is 209 Å². The van der Waals surface area contributed by atoms with Gasteiger partial charge < -0.3 is 14.9 Å². The SMILES string of the molecule is N#Cc1cccc(-c2ccc(C(=N/Cc3ccc(-c4cccc(C#N)c4)cc3-n3c4ccccc4c4cc(-c5nc(-c6ccccc6)nc(-c6ccccc6)n5)ccc43)/N=C(\N)c3ccc(-c4cccc(C#N)c4)cc3-n3c4ccccc4c4cc(-c5nc(-c6ccccc6)nc(-c6ccccc6)n5)ccc43)cc2)c1. The fourth-order valence-electron chi connectivity index (χ4n) is 14.5. The summed E-state index contributed by atoms with van der Waals surface area (Å²) in [5.74, 6) is 3.85. The van der Waals surface area contributed by atoms with Crippen LogP contribution in [0.5, 0.6) is 0 Å². The van der Waals surface area contributed by atoms with Crippen molar-refractivity contribution in [2.45, 2.75) is 6.54 Å². The van der Waals surface area contributed by atoms with Crippen LogP contribution < -0.4 is 5.73 Å². The van der Waals surface area contributed by atoms with E-state index >= 15 is 0 Å². The second kappa shape index (κ2) is 28.7. The molecule has 0 fully saturated rings. The zero-order valence-electron chi connectivity index (χ0n) is 58.9. The second-order valence-electron chi connectivity index (χ2n) is 26.6. The van der Waals surface area contributed by atoms with E-state index in [1.54, 1.807) is 12.1 Å². The van der Waals surface area contributed by atoms with Gasteiger partial charge in [-0.2, -0.15) is 15.8 Å². The van der Waals surface area contributed by atoms with Gasteiger partial charge in [0.15, 0.2) is 40.8 Å². The van der Waals surface area contributed by atoms with Crippen LogP contribution in [0.15, 0.2) is 350 Å². The summed E-state index contributed by atoms with van der Waals surface area (Å²) in [5, 5.41) is 34.3. The molecule has 0 amide bonds. The average Bonchev–Trinajstić information content (AvgIpc) is 1.59. The molecule has 0 aliphatic heterocycles.